The fraction of sp³-hybridized carbons (Fsp3) is 0.611. The monoisotopic (exact) mass is 335 g/mol. The number of amides is 1. The van der Waals surface area contributed by atoms with Crippen LogP contribution in [-0.4, -0.2) is 55.3 Å². The summed E-state index contributed by atoms with van der Waals surface area (Å²) in [5, 5.41) is 2.72. The lowest BCUT2D eigenvalue weighted by Gasteiger charge is -2.28. The molecule has 2 saturated heterocycles. The van der Waals surface area contributed by atoms with Gasteiger partial charge in [-0.3, -0.25) is 4.79 Å². The summed E-state index contributed by atoms with van der Waals surface area (Å²) in [6.07, 6.45) is 0.924. The minimum atomic E-state index is 0.131. The molecule has 0 aliphatic carbocycles. The Morgan fingerprint density at radius 3 is 2.61 bits per heavy atom. The topological polar surface area (TPSA) is 41.4 Å². The molecule has 3 rings (SSSR count). The molecule has 2 fully saturated rings. The molecule has 5 heteroatoms. The fourth-order valence-corrected chi connectivity index (χ4v) is 4.91. The first-order valence-corrected chi connectivity index (χ1v) is 9.81. The average molecular weight is 336 g/mol. The van der Waals surface area contributed by atoms with Crippen LogP contribution in [0.1, 0.15) is 29.8 Å². The minimum Gasteiger partial charge on any atom is -0.337 e. The first-order valence-electron chi connectivity index (χ1n) is 8.86. The number of hydrogen-bond donors (Lipinski definition) is 2. The standard InChI is InChI=1S/C18H27N3OS/c1-3-16-17(22)21(13-12-20-10-8-19-9-11-20)18(23-16)15-6-4-14(2)5-7-15/h4-7,16,18-19H,3,8-13H2,1-2H3/p+2/t16-,18+/m1/s1. The van der Waals surface area contributed by atoms with Gasteiger partial charge in [-0.05, 0) is 18.9 Å². The first kappa shape index (κ1) is 16.8. The number of thioether (sulfide) groups is 1. The molecule has 1 amide bonds. The first-order chi connectivity index (χ1) is 11.2. The van der Waals surface area contributed by atoms with Gasteiger partial charge in [0.05, 0.1) is 18.3 Å². The summed E-state index contributed by atoms with van der Waals surface area (Å²) in [6, 6.07) is 8.69. The Balaban J connectivity index is 1.70. The lowest BCUT2D eigenvalue weighted by Crippen LogP contribution is -3.20. The number of hydrogen-bond acceptors (Lipinski definition) is 2. The Morgan fingerprint density at radius 1 is 1.26 bits per heavy atom. The molecule has 0 radical (unpaired) electrons. The molecular weight excluding hydrogens is 306 g/mol. The van der Waals surface area contributed by atoms with Gasteiger partial charge in [0.15, 0.2) is 0 Å². The van der Waals surface area contributed by atoms with E-state index in [1.165, 1.54) is 37.3 Å². The van der Waals surface area contributed by atoms with Gasteiger partial charge in [-0.25, -0.2) is 0 Å². The van der Waals surface area contributed by atoms with Crippen molar-refractivity contribution < 1.29 is 15.0 Å². The maximum Gasteiger partial charge on any atom is 0.237 e. The van der Waals surface area contributed by atoms with E-state index in [0.717, 1.165) is 19.5 Å². The summed E-state index contributed by atoms with van der Waals surface area (Å²) in [5.41, 5.74) is 2.54. The van der Waals surface area contributed by atoms with Gasteiger partial charge < -0.3 is 15.1 Å². The molecule has 0 aromatic heterocycles. The Labute approximate surface area is 143 Å². The third-order valence-electron chi connectivity index (χ3n) is 4.98. The highest BCUT2D eigenvalue weighted by Gasteiger charge is 2.40. The predicted molar refractivity (Wildman–Crippen MR) is 94.5 cm³/mol. The zero-order valence-electron chi connectivity index (χ0n) is 14.3. The number of nitrogens with zero attached hydrogens (tertiary/aromatic N) is 1. The molecule has 2 heterocycles. The molecule has 126 valence electrons. The number of carbonyl (C=O) groups is 1. The van der Waals surface area contributed by atoms with Gasteiger partial charge in [0, 0.05) is 0 Å². The third kappa shape index (κ3) is 3.90. The smallest absolute Gasteiger partial charge is 0.237 e. The van der Waals surface area contributed by atoms with E-state index in [-0.39, 0.29) is 10.6 Å². The zero-order valence-corrected chi connectivity index (χ0v) is 15.1. The van der Waals surface area contributed by atoms with Gasteiger partial charge in [0.25, 0.3) is 0 Å². The number of nitrogens with two attached hydrogens (primary N) is 1. The van der Waals surface area contributed by atoms with Crippen molar-refractivity contribution in [1.82, 2.24) is 4.90 Å². The molecule has 0 unspecified atom stereocenters. The second-order valence-electron chi connectivity index (χ2n) is 6.69. The Kier molecular flexibility index (Phi) is 5.62. The van der Waals surface area contributed by atoms with Crippen molar-refractivity contribution in [3.8, 4) is 0 Å². The number of piperazine rings is 1. The molecular formula is C18H29N3OS+2. The molecule has 0 saturated carbocycles. The maximum atomic E-state index is 12.7. The normalized spacial score (nSPS) is 26.0. The molecule has 1 aromatic carbocycles. The van der Waals surface area contributed by atoms with E-state index in [2.05, 4.69) is 48.3 Å². The SMILES string of the molecule is CC[C@H]1S[C@@H](c2ccc(C)cc2)N(CC[NH+]2CC[NH2+]CC2)C1=O. The highest BCUT2D eigenvalue weighted by atomic mass is 32.2. The number of carbonyl (C=O) groups excluding carboxylic acids is 1. The van der Waals surface area contributed by atoms with Crippen LogP contribution < -0.4 is 10.2 Å². The van der Waals surface area contributed by atoms with Crippen LogP contribution in [0, 0.1) is 6.92 Å². The van der Waals surface area contributed by atoms with Crippen LogP contribution >= 0.6 is 11.8 Å². The van der Waals surface area contributed by atoms with Crippen molar-refractivity contribution in [3.63, 3.8) is 0 Å². The zero-order chi connectivity index (χ0) is 16.2. The predicted octanol–water partition coefficient (Wildman–Crippen LogP) is -0.190. The van der Waals surface area contributed by atoms with Gasteiger partial charge in [-0.2, -0.15) is 0 Å². The average Bonchev–Trinajstić information content (AvgIpc) is 2.90. The Morgan fingerprint density at radius 2 is 1.96 bits per heavy atom. The van der Waals surface area contributed by atoms with Crippen LogP contribution in [0.4, 0.5) is 0 Å². The van der Waals surface area contributed by atoms with Crippen LogP contribution in [-0.2, 0) is 4.79 Å². The Bertz CT molecular complexity index is 528. The third-order valence-corrected chi connectivity index (χ3v) is 6.63. The van der Waals surface area contributed by atoms with Gasteiger partial charge in [0.1, 0.15) is 31.6 Å². The minimum absolute atomic E-state index is 0.131. The second-order valence-corrected chi connectivity index (χ2v) is 7.98. The van der Waals surface area contributed by atoms with Crippen LogP contribution in [0.25, 0.3) is 0 Å². The van der Waals surface area contributed by atoms with E-state index < -0.39 is 0 Å². The van der Waals surface area contributed by atoms with Crippen molar-refractivity contribution in [3.05, 3.63) is 35.4 Å². The van der Waals surface area contributed by atoms with Gasteiger partial charge in [0.2, 0.25) is 5.91 Å². The van der Waals surface area contributed by atoms with E-state index in [0.29, 0.717) is 5.91 Å². The van der Waals surface area contributed by atoms with Crippen LogP contribution in [0.2, 0.25) is 0 Å². The number of benzene rings is 1. The van der Waals surface area contributed by atoms with Crippen molar-refractivity contribution in [2.24, 2.45) is 0 Å². The summed E-state index contributed by atoms with van der Waals surface area (Å²) in [5.74, 6) is 0.339. The molecule has 2 atom stereocenters. The van der Waals surface area contributed by atoms with Crippen molar-refractivity contribution >= 4 is 17.7 Å². The number of quaternary nitrogens is 2. The lowest BCUT2D eigenvalue weighted by atomic mass is 10.1. The number of nitrogens with one attached hydrogen (secondary N) is 1. The highest BCUT2D eigenvalue weighted by Crippen LogP contribution is 2.43. The van der Waals surface area contributed by atoms with Crippen LogP contribution in [0.15, 0.2) is 24.3 Å². The molecule has 2 aliphatic rings. The van der Waals surface area contributed by atoms with Gasteiger partial charge >= 0.3 is 0 Å². The summed E-state index contributed by atoms with van der Waals surface area (Å²) < 4.78 is 0. The summed E-state index contributed by atoms with van der Waals surface area (Å²) >= 11 is 1.83. The van der Waals surface area contributed by atoms with Crippen LogP contribution in [0.5, 0.6) is 0 Å². The van der Waals surface area contributed by atoms with E-state index in [1.807, 2.05) is 11.8 Å². The quantitative estimate of drug-likeness (QED) is 0.783. The molecule has 0 spiro atoms. The second kappa shape index (κ2) is 7.69. The molecule has 1 aromatic rings. The van der Waals surface area contributed by atoms with Crippen LogP contribution in [0.3, 0.4) is 0 Å². The van der Waals surface area contributed by atoms with Crippen molar-refractivity contribution in [1.29, 1.82) is 0 Å². The Hall–Kier alpha value is -1.04. The number of aryl methyl sites for hydroxylation is 1. The summed E-state index contributed by atoms with van der Waals surface area (Å²) in [7, 11) is 0. The molecule has 3 N–H and O–H groups in total. The number of rotatable bonds is 5. The molecule has 23 heavy (non-hydrogen) atoms. The van der Waals surface area contributed by atoms with Gasteiger partial charge in [-0.15, -0.1) is 11.8 Å². The summed E-state index contributed by atoms with van der Waals surface area (Å²) in [4.78, 5) is 16.5. The van der Waals surface area contributed by atoms with Crippen molar-refractivity contribution in [2.45, 2.75) is 30.9 Å². The lowest BCUT2D eigenvalue weighted by molar-refractivity contribution is -0.946. The van der Waals surface area contributed by atoms with Crippen molar-refractivity contribution in [2.75, 3.05) is 39.3 Å². The highest BCUT2D eigenvalue weighted by molar-refractivity contribution is 8.01. The summed E-state index contributed by atoms with van der Waals surface area (Å²) in [6.45, 7) is 11.1. The maximum absolute atomic E-state index is 12.7. The molecule has 0 bridgehead atoms. The van der Waals surface area contributed by atoms with E-state index in [1.54, 1.807) is 4.90 Å². The van der Waals surface area contributed by atoms with E-state index >= 15 is 0 Å². The molecule has 4 nitrogen and oxygen atoms in total. The molecule has 2 aliphatic heterocycles. The van der Waals surface area contributed by atoms with Gasteiger partial charge in [-0.1, -0.05) is 36.8 Å². The van der Waals surface area contributed by atoms with E-state index in [4.69, 9.17) is 0 Å². The fourth-order valence-electron chi connectivity index (χ4n) is 3.49. The largest absolute Gasteiger partial charge is 0.337 e. The van der Waals surface area contributed by atoms with E-state index in [9.17, 15) is 4.79 Å².